The average molecular weight is 296 g/mol. The lowest BCUT2D eigenvalue weighted by molar-refractivity contribution is -0.130. The molecular weight excluding hydrogens is 272 g/mol. The highest BCUT2D eigenvalue weighted by atomic mass is 32.2. The zero-order chi connectivity index (χ0) is 14.2. The Labute approximate surface area is 125 Å². The maximum absolute atomic E-state index is 12.2. The van der Waals surface area contributed by atoms with Crippen molar-refractivity contribution in [2.75, 3.05) is 38.2 Å². The smallest absolute Gasteiger partial charge is 0.232 e. The van der Waals surface area contributed by atoms with Crippen LogP contribution in [0.1, 0.15) is 32.1 Å². The second-order valence-electron chi connectivity index (χ2n) is 6.71. The summed E-state index contributed by atoms with van der Waals surface area (Å²) < 4.78 is 0. The van der Waals surface area contributed by atoms with E-state index in [-0.39, 0.29) is 11.3 Å². The monoisotopic (exact) mass is 296 g/mol. The summed E-state index contributed by atoms with van der Waals surface area (Å²) in [5.41, 5.74) is 0.169. The first kappa shape index (κ1) is 14.2. The molecule has 2 amide bonds. The molecule has 4 nitrogen and oxygen atoms in total. The number of carbonyl (C=O) groups excluding carboxylic acids is 2. The fourth-order valence-corrected chi connectivity index (χ4v) is 3.97. The first-order valence-electron chi connectivity index (χ1n) is 7.66. The summed E-state index contributed by atoms with van der Waals surface area (Å²) in [5, 5.41) is 0. The Balaban J connectivity index is 1.54. The van der Waals surface area contributed by atoms with Gasteiger partial charge in [-0.1, -0.05) is 0 Å². The summed E-state index contributed by atoms with van der Waals surface area (Å²) >= 11 is 1.59. The quantitative estimate of drug-likeness (QED) is 0.791. The Morgan fingerprint density at radius 2 is 2.05 bits per heavy atom. The van der Waals surface area contributed by atoms with Crippen LogP contribution >= 0.6 is 11.8 Å². The molecule has 1 aliphatic carbocycles. The van der Waals surface area contributed by atoms with Crippen LogP contribution in [0.3, 0.4) is 0 Å². The van der Waals surface area contributed by atoms with E-state index in [4.69, 9.17) is 0 Å². The van der Waals surface area contributed by atoms with Crippen LogP contribution in [0.4, 0.5) is 0 Å². The topological polar surface area (TPSA) is 40.6 Å². The van der Waals surface area contributed by atoms with Crippen LogP contribution in [0.5, 0.6) is 0 Å². The first-order valence-corrected chi connectivity index (χ1v) is 9.06. The van der Waals surface area contributed by atoms with Crippen LogP contribution < -0.4 is 0 Å². The molecule has 2 saturated heterocycles. The fraction of sp³-hybridized carbons (Fsp3) is 0.867. The molecule has 0 aromatic rings. The third-order valence-electron chi connectivity index (χ3n) is 5.03. The molecule has 0 atom stereocenters. The zero-order valence-electron chi connectivity index (χ0n) is 12.3. The van der Waals surface area contributed by atoms with Gasteiger partial charge >= 0.3 is 0 Å². The van der Waals surface area contributed by atoms with Gasteiger partial charge in [0, 0.05) is 38.0 Å². The van der Waals surface area contributed by atoms with E-state index in [1.54, 1.807) is 11.8 Å². The maximum Gasteiger partial charge on any atom is 0.232 e. The summed E-state index contributed by atoms with van der Waals surface area (Å²) in [5.74, 6) is 1.96. The third-order valence-corrected chi connectivity index (χ3v) is 5.56. The predicted octanol–water partition coefficient (Wildman–Crippen LogP) is 1.60. The Bertz CT molecular complexity index is 401. The summed E-state index contributed by atoms with van der Waals surface area (Å²) in [6, 6.07) is 0. The van der Waals surface area contributed by atoms with Gasteiger partial charge in [0.25, 0.3) is 0 Å². The molecule has 5 heteroatoms. The number of likely N-dealkylation sites (tertiary alicyclic amines) is 2. The molecule has 1 spiro atoms. The van der Waals surface area contributed by atoms with Crippen LogP contribution in [0, 0.1) is 11.3 Å². The van der Waals surface area contributed by atoms with Crippen molar-refractivity contribution in [2.24, 2.45) is 11.3 Å². The van der Waals surface area contributed by atoms with Gasteiger partial charge in [-0.2, -0.15) is 11.8 Å². The van der Waals surface area contributed by atoms with Crippen molar-refractivity contribution in [1.82, 2.24) is 9.80 Å². The Morgan fingerprint density at radius 3 is 2.65 bits per heavy atom. The molecule has 1 saturated carbocycles. The van der Waals surface area contributed by atoms with Gasteiger partial charge in [0.05, 0.1) is 5.75 Å². The van der Waals surface area contributed by atoms with Gasteiger partial charge in [0.1, 0.15) is 0 Å². The van der Waals surface area contributed by atoms with Crippen LogP contribution in [0.2, 0.25) is 0 Å². The summed E-state index contributed by atoms with van der Waals surface area (Å²) in [7, 11) is 0. The van der Waals surface area contributed by atoms with Crippen LogP contribution in [-0.4, -0.2) is 59.8 Å². The highest BCUT2D eigenvalue weighted by molar-refractivity contribution is 7.99. The van der Waals surface area contributed by atoms with Gasteiger partial charge in [0.2, 0.25) is 11.8 Å². The van der Waals surface area contributed by atoms with Crippen LogP contribution in [-0.2, 0) is 9.59 Å². The number of hydrogen-bond donors (Lipinski definition) is 0. The van der Waals surface area contributed by atoms with Crippen molar-refractivity contribution in [3.05, 3.63) is 0 Å². The lowest BCUT2D eigenvalue weighted by Crippen LogP contribution is -2.45. The van der Waals surface area contributed by atoms with E-state index in [1.165, 1.54) is 12.8 Å². The van der Waals surface area contributed by atoms with E-state index in [9.17, 15) is 9.59 Å². The zero-order valence-corrected chi connectivity index (χ0v) is 13.1. The van der Waals surface area contributed by atoms with Crippen molar-refractivity contribution in [3.63, 3.8) is 0 Å². The second kappa shape index (κ2) is 5.58. The summed E-state index contributed by atoms with van der Waals surface area (Å²) in [6.45, 7) is 3.59. The predicted molar refractivity (Wildman–Crippen MR) is 80.6 cm³/mol. The van der Waals surface area contributed by atoms with Crippen molar-refractivity contribution in [2.45, 2.75) is 32.1 Å². The van der Waals surface area contributed by atoms with Crippen molar-refractivity contribution in [3.8, 4) is 0 Å². The van der Waals surface area contributed by atoms with E-state index in [1.807, 2.05) is 11.2 Å². The van der Waals surface area contributed by atoms with Gasteiger partial charge in [-0.3, -0.25) is 9.59 Å². The van der Waals surface area contributed by atoms with Gasteiger partial charge in [-0.15, -0.1) is 0 Å². The highest BCUT2D eigenvalue weighted by Gasteiger charge is 2.46. The molecule has 0 N–H and O–H groups in total. The largest absolute Gasteiger partial charge is 0.342 e. The highest BCUT2D eigenvalue weighted by Crippen LogP contribution is 2.42. The molecule has 112 valence electrons. The number of thioether (sulfide) groups is 1. The molecule has 3 aliphatic rings. The Morgan fingerprint density at radius 1 is 1.35 bits per heavy atom. The molecule has 3 rings (SSSR count). The number of rotatable bonds is 4. The van der Waals surface area contributed by atoms with Crippen molar-refractivity contribution in [1.29, 1.82) is 0 Å². The van der Waals surface area contributed by atoms with E-state index in [0.717, 1.165) is 44.9 Å². The minimum absolute atomic E-state index is 0.169. The molecular formula is C15H24N2O2S. The minimum atomic E-state index is 0.169. The summed E-state index contributed by atoms with van der Waals surface area (Å²) in [6.07, 6.45) is 7.28. The molecule has 2 aliphatic heterocycles. The number of hydrogen-bond acceptors (Lipinski definition) is 3. The van der Waals surface area contributed by atoms with E-state index >= 15 is 0 Å². The van der Waals surface area contributed by atoms with Gasteiger partial charge in [-0.05, 0) is 37.9 Å². The van der Waals surface area contributed by atoms with Crippen molar-refractivity contribution < 1.29 is 9.59 Å². The lowest BCUT2D eigenvalue weighted by Gasteiger charge is -2.38. The molecule has 0 unspecified atom stereocenters. The van der Waals surface area contributed by atoms with Crippen LogP contribution in [0.15, 0.2) is 0 Å². The van der Waals surface area contributed by atoms with Gasteiger partial charge in [-0.25, -0.2) is 0 Å². The maximum atomic E-state index is 12.2. The average Bonchev–Trinajstić information content (AvgIpc) is 3.18. The lowest BCUT2D eigenvalue weighted by atomic mass is 9.77. The van der Waals surface area contributed by atoms with E-state index in [0.29, 0.717) is 18.1 Å². The SMILES string of the molecule is CSCC(=O)N1CCC2(CC1)CC(=O)N(CC1CC1)C2. The Kier molecular flexibility index (Phi) is 3.98. The molecule has 0 bridgehead atoms. The molecule has 20 heavy (non-hydrogen) atoms. The van der Waals surface area contributed by atoms with Crippen LogP contribution in [0.25, 0.3) is 0 Å². The number of nitrogens with zero attached hydrogens (tertiary/aromatic N) is 2. The molecule has 2 heterocycles. The van der Waals surface area contributed by atoms with Crippen molar-refractivity contribution >= 4 is 23.6 Å². The Hall–Kier alpha value is -0.710. The molecule has 0 aromatic carbocycles. The standard InChI is InChI=1S/C15H24N2O2S/c1-20-10-14(19)16-6-4-15(5-7-16)8-13(18)17(11-15)9-12-2-3-12/h12H,2-11H2,1H3. The fourth-order valence-electron chi connectivity index (χ4n) is 3.54. The number of amides is 2. The third kappa shape index (κ3) is 2.97. The number of piperidine rings is 1. The second-order valence-corrected chi connectivity index (χ2v) is 7.57. The van der Waals surface area contributed by atoms with Gasteiger partial charge < -0.3 is 9.80 Å². The normalized spacial score (nSPS) is 25.6. The molecule has 0 aromatic heterocycles. The molecule has 3 fully saturated rings. The van der Waals surface area contributed by atoms with E-state index in [2.05, 4.69) is 4.90 Å². The first-order chi connectivity index (χ1) is 9.62. The minimum Gasteiger partial charge on any atom is -0.342 e. The summed E-state index contributed by atoms with van der Waals surface area (Å²) in [4.78, 5) is 28.2. The van der Waals surface area contributed by atoms with E-state index < -0.39 is 0 Å². The number of carbonyl (C=O) groups is 2. The van der Waals surface area contributed by atoms with Gasteiger partial charge in [0.15, 0.2) is 0 Å². The molecule has 0 radical (unpaired) electrons.